The van der Waals surface area contributed by atoms with Gasteiger partial charge in [-0.2, -0.15) is 4.98 Å². The Morgan fingerprint density at radius 1 is 1.35 bits per heavy atom. The van der Waals surface area contributed by atoms with Gasteiger partial charge in [-0.05, 0) is 34.5 Å². The largest absolute Gasteiger partial charge is 0.378 e. The zero-order chi connectivity index (χ0) is 17.9. The summed E-state index contributed by atoms with van der Waals surface area (Å²) in [6.45, 7) is 6.46. The molecule has 0 saturated carbocycles. The van der Waals surface area contributed by atoms with E-state index >= 15 is 0 Å². The van der Waals surface area contributed by atoms with Crippen molar-refractivity contribution >= 4 is 39.0 Å². The minimum Gasteiger partial charge on any atom is -0.378 e. The molecule has 0 aromatic carbocycles. The third kappa shape index (κ3) is 4.19. The summed E-state index contributed by atoms with van der Waals surface area (Å²) >= 11 is 5.37. The number of thiophene rings is 1. The third-order valence-electron chi connectivity index (χ3n) is 5.08. The molecule has 0 radical (unpaired) electrons. The first-order valence-corrected chi connectivity index (χ1v) is 10.7. The van der Waals surface area contributed by atoms with Gasteiger partial charge in [0.15, 0.2) is 0 Å². The third-order valence-corrected chi connectivity index (χ3v) is 6.76. The van der Waals surface area contributed by atoms with E-state index in [9.17, 15) is 0 Å². The molecule has 2 fully saturated rings. The van der Waals surface area contributed by atoms with E-state index in [-0.39, 0.29) is 0 Å². The Kier molecular flexibility index (Phi) is 5.73. The van der Waals surface area contributed by atoms with Crippen LogP contribution in [0.4, 0.5) is 11.8 Å². The predicted molar refractivity (Wildman–Crippen MR) is 109 cm³/mol. The lowest BCUT2D eigenvalue weighted by atomic mass is 10.2. The zero-order valence-electron chi connectivity index (χ0n) is 15.0. The number of likely N-dealkylation sites (tertiary alicyclic amines) is 1. The highest BCUT2D eigenvalue weighted by Crippen LogP contribution is 2.25. The molecule has 2 aliphatic heterocycles. The number of rotatable bonds is 5. The lowest BCUT2D eigenvalue weighted by Gasteiger charge is -2.29. The van der Waals surface area contributed by atoms with Gasteiger partial charge in [0.2, 0.25) is 5.95 Å². The highest BCUT2D eigenvalue weighted by Gasteiger charge is 2.27. The van der Waals surface area contributed by atoms with E-state index in [0.29, 0.717) is 6.04 Å². The molecular formula is C18H24BrN5OS. The number of nitrogens with zero attached hydrogens (tertiary/aromatic N) is 5. The van der Waals surface area contributed by atoms with Gasteiger partial charge in [0.05, 0.1) is 13.2 Å². The lowest BCUT2D eigenvalue weighted by Crippen LogP contribution is -2.38. The molecule has 8 heteroatoms. The summed E-state index contributed by atoms with van der Waals surface area (Å²) in [6.07, 6.45) is 3.04. The van der Waals surface area contributed by atoms with Crippen LogP contribution in [0, 0.1) is 0 Å². The summed E-state index contributed by atoms with van der Waals surface area (Å²) in [6, 6.07) is 4.73. The monoisotopic (exact) mass is 437 g/mol. The summed E-state index contributed by atoms with van der Waals surface area (Å²) in [7, 11) is 2.15. The van der Waals surface area contributed by atoms with Gasteiger partial charge in [-0.1, -0.05) is 0 Å². The first-order chi connectivity index (χ1) is 12.7. The van der Waals surface area contributed by atoms with Gasteiger partial charge in [-0.3, -0.25) is 4.90 Å². The van der Waals surface area contributed by atoms with Crippen molar-refractivity contribution < 1.29 is 4.74 Å². The average molecular weight is 438 g/mol. The molecule has 2 aromatic rings. The van der Waals surface area contributed by atoms with E-state index in [4.69, 9.17) is 9.72 Å². The molecule has 1 unspecified atom stereocenters. The molecule has 2 aliphatic rings. The van der Waals surface area contributed by atoms with E-state index in [2.05, 4.69) is 54.1 Å². The van der Waals surface area contributed by atoms with Crippen LogP contribution in [0.15, 0.2) is 28.2 Å². The van der Waals surface area contributed by atoms with Crippen LogP contribution in [0.5, 0.6) is 0 Å². The molecule has 4 rings (SSSR count). The van der Waals surface area contributed by atoms with Crippen LogP contribution >= 0.6 is 27.3 Å². The van der Waals surface area contributed by atoms with Crippen molar-refractivity contribution in [3.05, 3.63) is 33.1 Å². The van der Waals surface area contributed by atoms with Gasteiger partial charge in [0, 0.05) is 66.7 Å². The first-order valence-electron chi connectivity index (χ1n) is 9.03. The number of anilines is 2. The molecule has 2 saturated heterocycles. The molecule has 0 N–H and O–H groups in total. The topological polar surface area (TPSA) is 44.7 Å². The molecule has 0 spiro atoms. The number of hydrogen-bond acceptors (Lipinski definition) is 7. The quantitative estimate of drug-likeness (QED) is 0.716. The van der Waals surface area contributed by atoms with Crippen molar-refractivity contribution in [3.8, 4) is 0 Å². The maximum absolute atomic E-state index is 5.43. The van der Waals surface area contributed by atoms with Crippen molar-refractivity contribution in [2.45, 2.75) is 19.0 Å². The van der Waals surface area contributed by atoms with Crippen molar-refractivity contribution in [2.75, 3.05) is 56.2 Å². The maximum atomic E-state index is 5.43. The van der Waals surface area contributed by atoms with Gasteiger partial charge in [-0.15, -0.1) is 11.3 Å². The Hall–Kier alpha value is -1.22. The van der Waals surface area contributed by atoms with Gasteiger partial charge in [-0.25, -0.2) is 4.98 Å². The van der Waals surface area contributed by atoms with Gasteiger partial charge in [0.25, 0.3) is 0 Å². The molecular weight excluding hydrogens is 414 g/mol. The van der Waals surface area contributed by atoms with Gasteiger partial charge < -0.3 is 14.5 Å². The smallest absolute Gasteiger partial charge is 0.227 e. The fourth-order valence-electron chi connectivity index (χ4n) is 3.57. The van der Waals surface area contributed by atoms with E-state index in [1.807, 2.05) is 23.6 Å². The number of ether oxygens (including phenoxy) is 1. The van der Waals surface area contributed by atoms with Crippen LogP contribution in [0.3, 0.4) is 0 Å². The summed E-state index contributed by atoms with van der Waals surface area (Å²) in [5, 5.41) is 2.16. The second kappa shape index (κ2) is 8.21. The Bertz CT molecular complexity index is 736. The highest BCUT2D eigenvalue weighted by molar-refractivity contribution is 9.10. The van der Waals surface area contributed by atoms with Crippen LogP contribution in [0.2, 0.25) is 0 Å². The minimum atomic E-state index is 0.492. The second-order valence-corrected chi connectivity index (χ2v) is 8.75. The fourth-order valence-corrected chi connectivity index (χ4v) is 5.06. The van der Waals surface area contributed by atoms with E-state index in [1.165, 1.54) is 15.8 Å². The van der Waals surface area contributed by atoms with Gasteiger partial charge in [0.1, 0.15) is 5.82 Å². The van der Waals surface area contributed by atoms with Crippen LogP contribution in [-0.4, -0.2) is 67.4 Å². The normalized spacial score (nSPS) is 21.3. The standard InChI is InChI=1S/C18H24BrN5OS/c1-22(15-3-5-23(11-15)12-16-10-14(19)13-26-16)17-2-4-20-18(21-17)24-6-8-25-9-7-24/h2,4,10,13,15H,3,5-9,11-12H2,1H3. The van der Waals surface area contributed by atoms with Crippen LogP contribution < -0.4 is 9.80 Å². The molecule has 0 bridgehead atoms. The molecule has 1 atom stereocenters. The van der Waals surface area contributed by atoms with Crippen LogP contribution in [0.25, 0.3) is 0 Å². The number of hydrogen-bond donors (Lipinski definition) is 0. The molecule has 6 nitrogen and oxygen atoms in total. The molecule has 2 aromatic heterocycles. The van der Waals surface area contributed by atoms with E-state index in [1.54, 1.807) is 0 Å². The number of aromatic nitrogens is 2. The van der Waals surface area contributed by atoms with Crippen molar-refractivity contribution in [1.29, 1.82) is 0 Å². The Balaban J connectivity index is 1.39. The van der Waals surface area contributed by atoms with Crippen LogP contribution in [-0.2, 0) is 11.3 Å². The average Bonchev–Trinajstić information content (AvgIpc) is 3.31. The molecule has 0 aliphatic carbocycles. The SMILES string of the molecule is CN(c1ccnc(N2CCOCC2)n1)C1CCN(Cc2cc(Br)cs2)C1. The van der Waals surface area contributed by atoms with Crippen molar-refractivity contribution in [2.24, 2.45) is 0 Å². The Morgan fingerprint density at radius 2 is 2.19 bits per heavy atom. The maximum Gasteiger partial charge on any atom is 0.227 e. The summed E-state index contributed by atoms with van der Waals surface area (Å²) in [4.78, 5) is 17.7. The number of halogens is 1. The Morgan fingerprint density at radius 3 is 2.96 bits per heavy atom. The molecule has 0 amide bonds. The number of morpholine rings is 1. The van der Waals surface area contributed by atoms with Crippen molar-refractivity contribution in [3.63, 3.8) is 0 Å². The summed E-state index contributed by atoms with van der Waals surface area (Å²) in [5.41, 5.74) is 0. The second-order valence-electron chi connectivity index (χ2n) is 6.83. The van der Waals surface area contributed by atoms with Crippen LogP contribution in [0.1, 0.15) is 11.3 Å². The van der Waals surface area contributed by atoms with E-state index < -0.39 is 0 Å². The Labute approximate surface area is 166 Å². The molecule has 140 valence electrons. The molecule has 26 heavy (non-hydrogen) atoms. The fraction of sp³-hybridized carbons (Fsp3) is 0.556. The minimum absolute atomic E-state index is 0.492. The predicted octanol–water partition coefficient (Wildman–Crippen LogP) is 2.85. The zero-order valence-corrected chi connectivity index (χ0v) is 17.4. The number of likely N-dealkylation sites (N-methyl/N-ethyl adjacent to an activating group) is 1. The highest BCUT2D eigenvalue weighted by atomic mass is 79.9. The van der Waals surface area contributed by atoms with E-state index in [0.717, 1.165) is 57.7 Å². The lowest BCUT2D eigenvalue weighted by molar-refractivity contribution is 0.122. The van der Waals surface area contributed by atoms with Gasteiger partial charge >= 0.3 is 0 Å². The van der Waals surface area contributed by atoms with Crippen molar-refractivity contribution in [1.82, 2.24) is 14.9 Å². The first kappa shape index (κ1) is 18.2. The summed E-state index contributed by atoms with van der Waals surface area (Å²) in [5.74, 6) is 1.82. The molecule has 4 heterocycles. The summed E-state index contributed by atoms with van der Waals surface area (Å²) < 4.78 is 6.61.